The summed E-state index contributed by atoms with van der Waals surface area (Å²) in [5.74, 6) is -0.804. The van der Waals surface area contributed by atoms with Crippen molar-refractivity contribution in [1.29, 1.82) is 0 Å². The fourth-order valence-electron chi connectivity index (χ4n) is 4.15. The van der Waals surface area contributed by atoms with Gasteiger partial charge in [0, 0.05) is 11.8 Å². The summed E-state index contributed by atoms with van der Waals surface area (Å²) in [5.41, 5.74) is 0.0724. The first-order valence-corrected chi connectivity index (χ1v) is 12.3. The number of alkyl halides is 3. The van der Waals surface area contributed by atoms with Crippen molar-refractivity contribution in [3.63, 3.8) is 0 Å². The Kier molecular flexibility index (Phi) is 7.24. The minimum atomic E-state index is -4.59. The number of carbonyl (C=O) groups excluding carboxylic acids is 1. The van der Waals surface area contributed by atoms with Gasteiger partial charge in [-0.1, -0.05) is 36.8 Å². The lowest BCUT2D eigenvalue weighted by Gasteiger charge is -2.19. The predicted molar refractivity (Wildman–Crippen MR) is 136 cm³/mol. The average Bonchev–Trinajstić information content (AvgIpc) is 3.35. The number of esters is 1. The predicted octanol–water partition coefficient (Wildman–Crippen LogP) is 5.91. The molecule has 0 saturated heterocycles. The zero-order valence-corrected chi connectivity index (χ0v) is 21.4. The summed E-state index contributed by atoms with van der Waals surface area (Å²) in [6, 6.07) is 11.6. The molecule has 8 nitrogen and oxygen atoms in total. The number of imidazole rings is 1. The number of benzene rings is 2. The number of nitrogens with zero attached hydrogens (tertiary/aromatic N) is 6. The van der Waals surface area contributed by atoms with Crippen molar-refractivity contribution in [2.75, 3.05) is 6.61 Å². The number of fused-ring (bicyclic) bond motifs is 1. The molecule has 12 heteroatoms. The number of hydrogen-bond acceptors (Lipinski definition) is 7. The Hall–Kier alpha value is -4.74. The van der Waals surface area contributed by atoms with Crippen LogP contribution >= 0.6 is 0 Å². The van der Waals surface area contributed by atoms with Gasteiger partial charge >= 0.3 is 12.1 Å². The van der Waals surface area contributed by atoms with E-state index in [-0.39, 0.29) is 46.5 Å². The van der Waals surface area contributed by atoms with E-state index in [1.807, 2.05) is 6.92 Å². The topological polar surface area (TPSA) is 95.7 Å². The van der Waals surface area contributed by atoms with E-state index in [1.165, 1.54) is 47.4 Å². The Bertz CT molecular complexity index is 1630. The number of aryl methyl sites for hydroxylation is 1. The maximum atomic E-state index is 14.3. The zero-order chi connectivity index (χ0) is 28.4. The Morgan fingerprint density at radius 1 is 0.975 bits per heavy atom. The van der Waals surface area contributed by atoms with E-state index in [0.29, 0.717) is 12.0 Å². The Balaban J connectivity index is 1.54. The van der Waals surface area contributed by atoms with Gasteiger partial charge in [0.15, 0.2) is 17.7 Å². The van der Waals surface area contributed by atoms with Crippen LogP contribution in [0.5, 0.6) is 0 Å². The lowest BCUT2D eigenvalue weighted by Crippen LogP contribution is -2.25. The molecule has 40 heavy (non-hydrogen) atoms. The van der Waals surface area contributed by atoms with E-state index >= 15 is 0 Å². The molecule has 0 aliphatic carbocycles. The molecule has 2 aliphatic heterocycles. The number of ether oxygens (including phenoxy) is 1. The molecule has 1 unspecified atom stereocenters. The molecular weight excluding hydrogens is 528 g/mol. The summed E-state index contributed by atoms with van der Waals surface area (Å²) in [7, 11) is 0. The van der Waals surface area contributed by atoms with Crippen LogP contribution in [0.25, 0.3) is 34.2 Å². The highest BCUT2D eigenvalue weighted by Crippen LogP contribution is 2.37. The minimum Gasteiger partial charge on any atom is -0.464 e. The van der Waals surface area contributed by atoms with Gasteiger partial charge in [-0.3, -0.25) is 0 Å². The molecule has 0 spiro atoms. The van der Waals surface area contributed by atoms with Crippen LogP contribution in [0.1, 0.15) is 36.2 Å². The van der Waals surface area contributed by atoms with Crippen molar-refractivity contribution in [3.8, 4) is 34.2 Å². The van der Waals surface area contributed by atoms with Crippen LogP contribution in [0.15, 0.2) is 67.1 Å². The highest BCUT2D eigenvalue weighted by atomic mass is 19.4. The van der Waals surface area contributed by atoms with Gasteiger partial charge in [0.25, 0.3) is 0 Å². The van der Waals surface area contributed by atoms with E-state index in [4.69, 9.17) is 4.74 Å². The third kappa shape index (κ3) is 5.37. The van der Waals surface area contributed by atoms with Crippen LogP contribution in [-0.2, 0) is 15.7 Å². The molecule has 0 N–H and O–H groups in total. The van der Waals surface area contributed by atoms with Gasteiger partial charge in [-0.25, -0.2) is 24.1 Å². The summed E-state index contributed by atoms with van der Waals surface area (Å²) in [5, 5.41) is 8.12. The highest BCUT2D eigenvalue weighted by molar-refractivity contribution is 5.78. The smallest absolute Gasteiger partial charge is 0.417 e. The third-order valence-corrected chi connectivity index (χ3v) is 6.06. The van der Waals surface area contributed by atoms with Crippen LogP contribution in [0, 0.1) is 12.7 Å². The van der Waals surface area contributed by atoms with E-state index in [2.05, 4.69) is 25.1 Å². The van der Waals surface area contributed by atoms with Gasteiger partial charge in [0.2, 0.25) is 0 Å². The van der Waals surface area contributed by atoms with Crippen molar-refractivity contribution in [2.45, 2.75) is 32.5 Å². The maximum Gasteiger partial charge on any atom is 0.417 e. The normalized spacial score (nSPS) is 12.4. The van der Waals surface area contributed by atoms with Gasteiger partial charge < -0.3 is 9.30 Å². The van der Waals surface area contributed by atoms with Crippen molar-refractivity contribution in [3.05, 3.63) is 89.8 Å². The van der Waals surface area contributed by atoms with Crippen LogP contribution in [0.2, 0.25) is 0 Å². The molecule has 1 atom stereocenters. The first-order chi connectivity index (χ1) is 19.2. The lowest BCUT2D eigenvalue weighted by atomic mass is 10.0. The highest BCUT2D eigenvalue weighted by Gasteiger charge is 2.34. The summed E-state index contributed by atoms with van der Waals surface area (Å²) in [4.78, 5) is 26.0. The molecule has 2 aromatic carbocycles. The molecule has 204 valence electrons. The number of carbonyl (C=O) groups is 1. The summed E-state index contributed by atoms with van der Waals surface area (Å²) in [6.45, 7) is 3.54. The van der Waals surface area contributed by atoms with Crippen LogP contribution in [-0.4, -0.2) is 42.3 Å². The van der Waals surface area contributed by atoms with Gasteiger partial charge in [-0.05, 0) is 43.7 Å². The number of hydrogen-bond donors (Lipinski definition) is 0. The SMILES string of the molecule is CCCOC(=O)C(c1ccc(-c2ccc(C)cc2C(F)(F)F)nn1)n1cnc2nc(-c3ccccc3F)nc-2c1. The zero-order valence-electron chi connectivity index (χ0n) is 21.4. The average molecular weight is 551 g/mol. The summed E-state index contributed by atoms with van der Waals surface area (Å²) in [6.07, 6.45) is -1.20. The molecule has 2 aliphatic rings. The van der Waals surface area contributed by atoms with Crippen molar-refractivity contribution < 1.29 is 27.1 Å². The van der Waals surface area contributed by atoms with Crippen LogP contribution in [0.3, 0.4) is 0 Å². The third-order valence-electron chi connectivity index (χ3n) is 6.06. The van der Waals surface area contributed by atoms with Crippen molar-refractivity contribution in [1.82, 2.24) is 29.7 Å². The molecule has 0 bridgehead atoms. The molecule has 5 rings (SSSR count). The molecule has 3 aromatic rings. The Morgan fingerprint density at radius 3 is 2.48 bits per heavy atom. The molecule has 3 heterocycles. The summed E-state index contributed by atoms with van der Waals surface area (Å²) < 4.78 is 62.1. The molecule has 0 radical (unpaired) electrons. The second-order valence-corrected chi connectivity index (χ2v) is 9.02. The second-order valence-electron chi connectivity index (χ2n) is 9.02. The second kappa shape index (κ2) is 10.8. The minimum absolute atomic E-state index is 0.00763. The molecule has 0 amide bonds. The van der Waals surface area contributed by atoms with E-state index in [0.717, 1.165) is 6.07 Å². The van der Waals surface area contributed by atoms with Gasteiger partial charge in [0.05, 0.1) is 35.4 Å². The standard InChI is InChI=1S/C28H22F4N6O2/c1-3-12-40-27(39)24(22-11-10-21(36-37-22)17-9-8-16(2)13-19(17)28(30,31)32)38-14-23-26(33-15-38)35-25(34-23)18-6-4-5-7-20(18)29/h4-11,13-15,24H,3,12H2,1-2H3. The van der Waals surface area contributed by atoms with Crippen molar-refractivity contribution in [2.24, 2.45) is 0 Å². The summed E-state index contributed by atoms with van der Waals surface area (Å²) >= 11 is 0. The van der Waals surface area contributed by atoms with E-state index < -0.39 is 29.6 Å². The Labute approximate surface area is 226 Å². The molecule has 1 aromatic heterocycles. The fraction of sp³-hybridized carbons (Fsp3) is 0.214. The van der Waals surface area contributed by atoms with Gasteiger partial charge in [0.1, 0.15) is 11.5 Å². The van der Waals surface area contributed by atoms with Crippen LogP contribution in [0.4, 0.5) is 17.6 Å². The van der Waals surface area contributed by atoms with Crippen LogP contribution < -0.4 is 0 Å². The monoisotopic (exact) mass is 550 g/mol. The quantitative estimate of drug-likeness (QED) is 0.184. The first-order valence-electron chi connectivity index (χ1n) is 12.3. The first kappa shape index (κ1) is 26.9. The van der Waals surface area contributed by atoms with Gasteiger partial charge in [-0.2, -0.15) is 23.4 Å². The molecular formula is C28H22F4N6O2. The molecule has 0 saturated carbocycles. The van der Waals surface area contributed by atoms with E-state index in [1.54, 1.807) is 25.1 Å². The Morgan fingerprint density at radius 2 is 1.77 bits per heavy atom. The number of aromatic nitrogens is 6. The van der Waals surface area contributed by atoms with Gasteiger partial charge in [-0.15, -0.1) is 0 Å². The number of halogens is 4. The number of rotatable bonds is 7. The fourth-order valence-corrected chi connectivity index (χ4v) is 4.15. The largest absolute Gasteiger partial charge is 0.464 e. The molecule has 0 fully saturated rings. The van der Waals surface area contributed by atoms with E-state index in [9.17, 15) is 22.4 Å². The lowest BCUT2D eigenvalue weighted by molar-refractivity contribution is -0.146. The van der Waals surface area contributed by atoms with Crippen molar-refractivity contribution >= 4 is 5.97 Å². The maximum absolute atomic E-state index is 14.3.